The highest BCUT2D eigenvalue weighted by Crippen LogP contribution is 2.20. The topological polar surface area (TPSA) is 52.7 Å². The molecule has 5 nitrogen and oxygen atoms in total. The molecule has 1 N–H and O–H groups in total. The molecule has 0 radical (unpaired) electrons. The quantitative estimate of drug-likeness (QED) is 0.917. The summed E-state index contributed by atoms with van der Waals surface area (Å²) in [5.41, 5.74) is 1.01. The average Bonchev–Trinajstić information content (AvgIpc) is 2.93. The molecule has 1 aromatic heterocycles. The molecule has 0 aliphatic carbocycles. The van der Waals surface area contributed by atoms with Crippen LogP contribution in [-0.2, 0) is 6.54 Å². The molecule has 5 heteroatoms. The molecule has 1 atom stereocenters. The van der Waals surface area contributed by atoms with Crippen molar-refractivity contribution in [2.24, 2.45) is 0 Å². The Morgan fingerprint density at radius 2 is 2.00 bits per heavy atom. The van der Waals surface area contributed by atoms with Crippen molar-refractivity contribution in [3.05, 3.63) is 42.3 Å². The molecule has 0 amide bonds. The van der Waals surface area contributed by atoms with Crippen molar-refractivity contribution in [1.29, 1.82) is 0 Å². The van der Waals surface area contributed by atoms with Crippen molar-refractivity contribution >= 4 is 0 Å². The highest BCUT2D eigenvalue weighted by atomic mass is 16.4. The van der Waals surface area contributed by atoms with Gasteiger partial charge in [-0.3, -0.25) is 9.80 Å². The van der Waals surface area contributed by atoms with Gasteiger partial charge in [-0.2, -0.15) is 0 Å². The van der Waals surface area contributed by atoms with Crippen molar-refractivity contribution in [2.45, 2.75) is 25.9 Å². The molecule has 1 unspecified atom stereocenters. The van der Waals surface area contributed by atoms with Gasteiger partial charge in [-0.25, -0.2) is 4.98 Å². The minimum absolute atomic E-state index is 0.225. The van der Waals surface area contributed by atoms with E-state index in [0.29, 0.717) is 5.89 Å². The van der Waals surface area contributed by atoms with Crippen LogP contribution in [0.25, 0.3) is 11.5 Å². The molecule has 3 rings (SSSR count). The maximum absolute atomic E-state index is 9.31. The summed E-state index contributed by atoms with van der Waals surface area (Å²) in [6, 6.07) is 10.2. The lowest BCUT2D eigenvalue weighted by atomic mass is 10.2. The number of aliphatic hydroxyl groups is 1. The SMILES string of the molecule is CC(CO)N1CCCN(Cc2cnc(-c3ccccc3)o2)CC1. The van der Waals surface area contributed by atoms with Crippen LogP contribution in [0.15, 0.2) is 40.9 Å². The molecule has 1 fully saturated rings. The van der Waals surface area contributed by atoms with Gasteiger partial charge >= 0.3 is 0 Å². The van der Waals surface area contributed by atoms with E-state index in [4.69, 9.17) is 4.42 Å². The zero-order valence-electron chi connectivity index (χ0n) is 13.7. The first-order valence-corrected chi connectivity index (χ1v) is 8.33. The van der Waals surface area contributed by atoms with Crippen LogP contribution in [0.5, 0.6) is 0 Å². The molecular formula is C18H25N3O2. The zero-order chi connectivity index (χ0) is 16.1. The van der Waals surface area contributed by atoms with Crippen molar-refractivity contribution < 1.29 is 9.52 Å². The summed E-state index contributed by atoms with van der Waals surface area (Å²) in [6.45, 7) is 7.18. The standard InChI is InChI=1S/C18H25N3O2/c1-15(14-22)21-9-5-8-20(10-11-21)13-17-12-19-18(23-17)16-6-3-2-4-7-16/h2-4,6-7,12,15,22H,5,8-11,13-14H2,1H3. The van der Waals surface area contributed by atoms with E-state index in [1.54, 1.807) is 0 Å². The Hall–Kier alpha value is -1.69. The molecule has 1 aliphatic heterocycles. The Labute approximate surface area is 137 Å². The van der Waals surface area contributed by atoms with Crippen molar-refractivity contribution in [3.63, 3.8) is 0 Å². The van der Waals surface area contributed by atoms with Crippen LogP contribution < -0.4 is 0 Å². The largest absolute Gasteiger partial charge is 0.440 e. The fourth-order valence-electron chi connectivity index (χ4n) is 3.02. The molecule has 1 saturated heterocycles. The number of hydrogen-bond acceptors (Lipinski definition) is 5. The second kappa shape index (κ2) is 7.73. The van der Waals surface area contributed by atoms with Gasteiger partial charge in [0.25, 0.3) is 0 Å². The Morgan fingerprint density at radius 1 is 1.17 bits per heavy atom. The van der Waals surface area contributed by atoms with Gasteiger partial charge in [0.2, 0.25) is 5.89 Å². The molecule has 2 aromatic rings. The van der Waals surface area contributed by atoms with E-state index in [1.165, 1.54) is 0 Å². The summed E-state index contributed by atoms with van der Waals surface area (Å²) in [6.07, 6.45) is 2.95. The van der Waals surface area contributed by atoms with E-state index in [2.05, 4.69) is 21.7 Å². The van der Waals surface area contributed by atoms with E-state index in [0.717, 1.165) is 50.5 Å². The maximum Gasteiger partial charge on any atom is 0.226 e. The first-order valence-electron chi connectivity index (χ1n) is 8.33. The third-order valence-electron chi connectivity index (χ3n) is 4.46. The normalized spacial score (nSPS) is 18.7. The lowest BCUT2D eigenvalue weighted by Gasteiger charge is -2.26. The van der Waals surface area contributed by atoms with E-state index in [-0.39, 0.29) is 12.6 Å². The van der Waals surface area contributed by atoms with Crippen LogP contribution in [0.2, 0.25) is 0 Å². The van der Waals surface area contributed by atoms with Gasteiger partial charge in [-0.05, 0) is 38.6 Å². The number of benzene rings is 1. The summed E-state index contributed by atoms with van der Waals surface area (Å²) in [5.74, 6) is 1.60. The number of rotatable bonds is 5. The van der Waals surface area contributed by atoms with Crippen molar-refractivity contribution in [2.75, 3.05) is 32.8 Å². The van der Waals surface area contributed by atoms with Crippen molar-refractivity contribution in [3.8, 4) is 11.5 Å². The Bertz CT molecular complexity index is 599. The van der Waals surface area contributed by atoms with Gasteiger partial charge in [-0.1, -0.05) is 18.2 Å². The van der Waals surface area contributed by atoms with E-state index in [1.807, 2.05) is 36.5 Å². The number of aromatic nitrogens is 1. The highest BCUT2D eigenvalue weighted by molar-refractivity contribution is 5.52. The molecular weight excluding hydrogens is 290 g/mol. The van der Waals surface area contributed by atoms with Crippen LogP contribution in [0.3, 0.4) is 0 Å². The summed E-state index contributed by atoms with van der Waals surface area (Å²) in [5, 5.41) is 9.31. The summed E-state index contributed by atoms with van der Waals surface area (Å²) >= 11 is 0. The minimum atomic E-state index is 0.225. The third kappa shape index (κ3) is 4.19. The molecule has 2 heterocycles. The van der Waals surface area contributed by atoms with E-state index < -0.39 is 0 Å². The van der Waals surface area contributed by atoms with Crippen LogP contribution in [0.1, 0.15) is 19.1 Å². The van der Waals surface area contributed by atoms with Gasteiger partial charge in [0, 0.05) is 24.7 Å². The van der Waals surface area contributed by atoms with Crippen molar-refractivity contribution in [1.82, 2.24) is 14.8 Å². The van der Waals surface area contributed by atoms with Gasteiger partial charge in [0.15, 0.2) is 0 Å². The first-order chi connectivity index (χ1) is 11.3. The Kier molecular flexibility index (Phi) is 5.43. The molecule has 0 bridgehead atoms. The van der Waals surface area contributed by atoms with Crippen LogP contribution in [0.4, 0.5) is 0 Å². The zero-order valence-corrected chi connectivity index (χ0v) is 13.7. The fraction of sp³-hybridized carbons (Fsp3) is 0.500. The van der Waals surface area contributed by atoms with Gasteiger partial charge in [0.05, 0.1) is 19.3 Å². The molecule has 0 saturated carbocycles. The lowest BCUT2D eigenvalue weighted by Crippen LogP contribution is -2.38. The van der Waals surface area contributed by atoms with E-state index in [9.17, 15) is 5.11 Å². The second-order valence-corrected chi connectivity index (χ2v) is 6.20. The molecule has 23 heavy (non-hydrogen) atoms. The number of nitrogens with zero attached hydrogens (tertiary/aromatic N) is 3. The summed E-state index contributed by atoms with van der Waals surface area (Å²) in [7, 11) is 0. The second-order valence-electron chi connectivity index (χ2n) is 6.20. The Balaban J connectivity index is 1.59. The lowest BCUT2D eigenvalue weighted by molar-refractivity contribution is 0.136. The predicted molar refractivity (Wildman–Crippen MR) is 90.0 cm³/mol. The maximum atomic E-state index is 9.31. The molecule has 124 valence electrons. The highest BCUT2D eigenvalue weighted by Gasteiger charge is 2.19. The number of hydrogen-bond donors (Lipinski definition) is 1. The average molecular weight is 315 g/mol. The summed E-state index contributed by atoms with van der Waals surface area (Å²) < 4.78 is 5.90. The van der Waals surface area contributed by atoms with Gasteiger partial charge < -0.3 is 9.52 Å². The van der Waals surface area contributed by atoms with E-state index >= 15 is 0 Å². The number of aliphatic hydroxyl groups excluding tert-OH is 1. The smallest absolute Gasteiger partial charge is 0.226 e. The monoisotopic (exact) mass is 315 g/mol. The predicted octanol–water partition coefficient (Wildman–Crippen LogP) is 2.23. The molecule has 1 aliphatic rings. The molecule has 1 aromatic carbocycles. The van der Waals surface area contributed by atoms with Crippen LogP contribution >= 0.6 is 0 Å². The number of oxazole rings is 1. The van der Waals surface area contributed by atoms with Crippen LogP contribution in [-0.4, -0.2) is 58.7 Å². The fourth-order valence-corrected chi connectivity index (χ4v) is 3.02. The summed E-state index contributed by atoms with van der Waals surface area (Å²) in [4.78, 5) is 9.15. The van der Waals surface area contributed by atoms with Crippen LogP contribution in [0, 0.1) is 0 Å². The third-order valence-corrected chi connectivity index (χ3v) is 4.46. The molecule has 0 spiro atoms. The van der Waals surface area contributed by atoms with Gasteiger partial charge in [-0.15, -0.1) is 0 Å². The minimum Gasteiger partial charge on any atom is -0.440 e. The van der Waals surface area contributed by atoms with Gasteiger partial charge in [0.1, 0.15) is 5.76 Å². The first kappa shape index (κ1) is 16.2. The Morgan fingerprint density at radius 3 is 2.78 bits per heavy atom.